The van der Waals surface area contributed by atoms with Crippen molar-refractivity contribution >= 4 is 17.6 Å². The van der Waals surface area contributed by atoms with E-state index in [4.69, 9.17) is 9.57 Å². The van der Waals surface area contributed by atoms with E-state index in [1.54, 1.807) is 12.3 Å². The molecule has 0 saturated heterocycles. The number of oxime groups is 1. The number of anilines is 1. The van der Waals surface area contributed by atoms with Gasteiger partial charge < -0.3 is 14.9 Å². The van der Waals surface area contributed by atoms with Crippen LogP contribution in [0.1, 0.15) is 12.0 Å². The minimum Gasteiger partial charge on any atom is -0.489 e. The molecule has 3 aromatic rings. The lowest BCUT2D eigenvalue weighted by Crippen LogP contribution is -2.33. The summed E-state index contributed by atoms with van der Waals surface area (Å²) < 4.78 is 6.03. The summed E-state index contributed by atoms with van der Waals surface area (Å²) in [6, 6.07) is 21.4. The highest BCUT2D eigenvalue weighted by Gasteiger charge is 2.22. The first-order valence-corrected chi connectivity index (χ1v) is 10.1. The SMILES string of the molecule is Cc1ccnc(NC(=O)NCC2=NOC(COc3ccccc3-c3ccccc3)C2)c1. The first-order chi connectivity index (χ1) is 15.2. The van der Waals surface area contributed by atoms with Gasteiger partial charge >= 0.3 is 6.03 Å². The van der Waals surface area contributed by atoms with E-state index in [0.717, 1.165) is 28.2 Å². The van der Waals surface area contributed by atoms with Crippen molar-refractivity contribution in [3.8, 4) is 16.9 Å². The van der Waals surface area contributed by atoms with Gasteiger partial charge in [-0.2, -0.15) is 0 Å². The van der Waals surface area contributed by atoms with Crippen molar-refractivity contribution in [3.63, 3.8) is 0 Å². The monoisotopic (exact) mass is 416 g/mol. The lowest BCUT2D eigenvalue weighted by atomic mass is 10.0. The van der Waals surface area contributed by atoms with E-state index in [2.05, 4.69) is 32.9 Å². The van der Waals surface area contributed by atoms with Crippen LogP contribution < -0.4 is 15.4 Å². The zero-order valence-corrected chi connectivity index (χ0v) is 17.2. The summed E-state index contributed by atoms with van der Waals surface area (Å²) in [6.45, 7) is 2.61. The van der Waals surface area contributed by atoms with Gasteiger partial charge in [-0.05, 0) is 36.2 Å². The van der Waals surface area contributed by atoms with Crippen LogP contribution in [0.3, 0.4) is 0 Å². The molecule has 1 unspecified atom stereocenters. The molecule has 1 aromatic heterocycles. The Kier molecular flexibility index (Phi) is 6.42. The minimum atomic E-state index is -0.336. The van der Waals surface area contributed by atoms with Gasteiger partial charge in [0.05, 0.1) is 12.3 Å². The van der Waals surface area contributed by atoms with E-state index in [-0.39, 0.29) is 12.1 Å². The van der Waals surface area contributed by atoms with Gasteiger partial charge in [-0.1, -0.05) is 53.7 Å². The van der Waals surface area contributed by atoms with E-state index < -0.39 is 0 Å². The second-order valence-corrected chi connectivity index (χ2v) is 7.29. The molecule has 2 aromatic carbocycles. The fourth-order valence-corrected chi connectivity index (χ4v) is 3.26. The first-order valence-electron chi connectivity index (χ1n) is 10.1. The predicted octanol–water partition coefficient (Wildman–Crippen LogP) is 4.40. The lowest BCUT2D eigenvalue weighted by molar-refractivity contribution is 0.0472. The molecule has 7 heteroatoms. The van der Waals surface area contributed by atoms with Crippen molar-refractivity contribution in [1.29, 1.82) is 0 Å². The maximum absolute atomic E-state index is 12.1. The van der Waals surface area contributed by atoms with Crippen LogP contribution in [0.25, 0.3) is 11.1 Å². The number of carbonyl (C=O) groups excluding carboxylic acids is 1. The molecule has 0 aliphatic carbocycles. The van der Waals surface area contributed by atoms with E-state index >= 15 is 0 Å². The van der Waals surface area contributed by atoms with Gasteiger partial charge in [0.25, 0.3) is 0 Å². The molecule has 2 heterocycles. The maximum Gasteiger partial charge on any atom is 0.320 e. The van der Waals surface area contributed by atoms with Gasteiger partial charge in [0, 0.05) is 18.2 Å². The number of aromatic nitrogens is 1. The summed E-state index contributed by atoms with van der Waals surface area (Å²) in [7, 11) is 0. The van der Waals surface area contributed by atoms with Crippen LogP contribution in [0.4, 0.5) is 10.6 Å². The average molecular weight is 416 g/mol. The molecule has 1 aliphatic heterocycles. The zero-order valence-electron chi connectivity index (χ0n) is 17.2. The summed E-state index contributed by atoms with van der Waals surface area (Å²) in [6.07, 6.45) is 2.05. The number of nitrogens with one attached hydrogen (secondary N) is 2. The summed E-state index contributed by atoms with van der Waals surface area (Å²) in [4.78, 5) is 21.7. The molecule has 7 nitrogen and oxygen atoms in total. The highest BCUT2D eigenvalue weighted by atomic mass is 16.7. The molecule has 0 saturated carbocycles. The zero-order chi connectivity index (χ0) is 21.5. The van der Waals surface area contributed by atoms with Crippen LogP contribution in [0.15, 0.2) is 78.1 Å². The highest BCUT2D eigenvalue weighted by molar-refractivity contribution is 5.94. The fourth-order valence-electron chi connectivity index (χ4n) is 3.26. The number of para-hydroxylation sites is 1. The van der Waals surface area contributed by atoms with Crippen LogP contribution in [-0.2, 0) is 4.84 Å². The second-order valence-electron chi connectivity index (χ2n) is 7.29. The quantitative estimate of drug-likeness (QED) is 0.598. The third-order valence-corrected chi connectivity index (χ3v) is 4.80. The number of hydrogen-bond donors (Lipinski definition) is 2. The van der Waals surface area contributed by atoms with E-state index in [9.17, 15) is 4.79 Å². The number of ether oxygens (including phenoxy) is 1. The second kappa shape index (κ2) is 9.75. The van der Waals surface area contributed by atoms with Gasteiger partial charge in [0.15, 0.2) is 6.10 Å². The molecule has 2 N–H and O–H groups in total. The van der Waals surface area contributed by atoms with Gasteiger partial charge in [-0.3, -0.25) is 5.32 Å². The van der Waals surface area contributed by atoms with Gasteiger partial charge in [-0.15, -0.1) is 0 Å². The van der Waals surface area contributed by atoms with E-state index in [1.807, 2.05) is 55.5 Å². The molecule has 31 heavy (non-hydrogen) atoms. The summed E-state index contributed by atoms with van der Waals surface area (Å²) in [5.74, 6) is 1.30. The molecule has 2 amide bonds. The van der Waals surface area contributed by atoms with Crippen molar-refractivity contribution in [2.45, 2.75) is 19.4 Å². The normalized spacial score (nSPS) is 15.0. The van der Waals surface area contributed by atoms with Crippen molar-refractivity contribution in [2.24, 2.45) is 5.16 Å². The Bertz CT molecular complexity index is 1070. The standard InChI is InChI=1S/C24H24N4O3/c1-17-11-12-25-23(13-17)27-24(29)26-15-19-14-20(31-28-19)16-30-22-10-6-5-9-21(22)18-7-3-2-4-8-18/h2-13,20H,14-16H2,1H3,(H2,25,26,27,29). The van der Waals surface area contributed by atoms with E-state index in [0.29, 0.717) is 25.4 Å². The Labute approximate surface area is 181 Å². The predicted molar refractivity (Wildman–Crippen MR) is 120 cm³/mol. The Hall–Kier alpha value is -3.87. The van der Waals surface area contributed by atoms with Crippen LogP contribution in [-0.4, -0.2) is 36.0 Å². The Balaban J connectivity index is 1.24. The summed E-state index contributed by atoms with van der Waals surface area (Å²) >= 11 is 0. The molecular formula is C24H24N4O3. The Morgan fingerprint density at radius 3 is 2.77 bits per heavy atom. The van der Waals surface area contributed by atoms with Crippen molar-refractivity contribution < 1.29 is 14.4 Å². The smallest absolute Gasteiger partial charge is 0.320 e. The molecule has 1 aliphatic rings. The van der Waals surface area contributed by atoms with Crippen molar-refractivity contribution in [1.82, 2.24) is 10.3 Å². The van der Waals surface area contributed by atoms with Crippen molar-refractivity contribution in [2.75, 3.05) is 18.5 Å². The largest absolute Gasteiger partial charge is 0.489 e. The molecule has 0 bridgehead atoms. The average Bonchev–Trinajstić information content (AvgIpc) is 3.25. The fraction of sp³-hybridized carbons (Fsp3) is 0.208. The molecule has 0 fully saturated rings. The molecule has 158 valence electrons. The number of rotatable bonds is 7. The lowest BCUT2D eigenvalue weighted by Gasteiger charge is -2.14. The summed E-state index contributed by atoms with van der Waals surface area (Å²) in [5, 5.41) is 9.56. The van der Waals surface area contributed by atoms with Crippen LogP contribution in [0.5, 0.6) is 5.75 Å². The number of urea groups is 1. The number of nitrogens with zero attached hydrogens (tertiary/aromatic N) is 2. The molecule has 0 radical (unpaired) electrons. The molecule has 1 atom stereocenters. The van der Waals surface area contributed by atoms with Crippen LogP contribution >= 0.6 is 0 Å². The van der Waals surface area contributed by atoms with E-state index in [1.165, 1.54) is 0 Å². The number of amides is 2. The van der Waals surface area contributed by atoms with Gasteiger partial charge in [0.1, 0.15) is 18.2 Å². The number of pyridine rings is 1. The van der Waals surface area contributed by atoms with Gasteiger partial charge in [0.2, 0.25) is 0 Å². The number of hydrogen-bond acceptors (Lipinski definition) is 5. The Morgan fingerprint density at radius 2 is 1.94 bits per heavy atom. The maximum atomic E-state index is 12.1. The van der Waals surface area contributed by atoms with Crippen molar-refractivity contribution in [3.05, 3.63) is 78.5 Å². The van der Waals surface area contributed by atoms with Crippen LogP contribution in [0, 0.1) is 6.92 Å². The minimum absolute atomic E-state index is 0.192. The number of carbonyl (C=O) groups is 1. The highest BCUT2D eigenvalue weighted by Crippen LogP contribution is 2.30. The third-order valence-electron chi connectivity index (χ3n) is 4.80. The topological polar surface area (TPSA) is 84.8 Å². The van der Waals surface area contributed by atoms with Gasteiger partial charge in [-0.25, -0.2) is 9.78 Å². The number of benzene rings is 2. The molecule has 4 rings (SSSR count). The molecule has 0 spiro atoms. The Morgan fingerprint density at radius 1 is 1.13 bits per heavy atom. The first kappa shape index (κ1) is 20.4. The molecular weight excluding hydrogens is 392 g/mol. The summed E-state index contributed by atoms with van der Waals surface area (Å²) in [5.41, 5.74) is 3.92. The number of aryl methyl sites for hydroxylation is 1. The van der Waals surface area contributed by atoms with Crippen LogP contribution in [0.2, 0.25) is 0 Å². The third kappa shape index (κ3) is 5.60.